The van der Waals surface area contributed by atoms with Crippen molar-refractivity contribution in [3.63, 3.8) is 0 Å². The summed E-state index contributed by atoms with van der Waals surface area (Å²) in [6.07, 6.45) is 4.59. The van der Waals surface area contributed by atoms with Crippen molar-refractivity contribution in [3.05, 3.63) is 54.0 Å². The lowest BCUT2D eigenvalue weighted by Crippen LogP contribution is -2.29. The molecule has 1 aromatic carbocycles. The topological polar surface area (TPSA) is 142 Å². The molecule has 0 spiro atoms. The maximum Gasteiger partial charge on any atom is 0.145 e. The van der Waals surface area contributed by atoms with Crippen LogP contribution in [0.15, 0.2) is 42.9 Å². The Bertz CT molecular complexity index is 1370. The van der Waals surface area contributed by atoms with Crippen LogP contribution in [-0.4, -0.2) is 59.7 Å². The van der Waals surface area contributed by atoms with E-state index in [0.29, 0.717) is 17.9 Å². The van der Waals surface area contributed by atoms with Gasteiger partial charge in [-0.25, -0.2) is 15.0 Å². The number of aryl methyl sites for hydroxylation is 1. The van der Waals surface area contributed by atoms with Crippen molar-refractivity contribution in [3.8, 4) is 0 Å². The number of pyridine rings is 1. The summed E-state index contributed by atoms with van der Waals surface area (Å²) in [5.74, 6) is 1.22. The third-order valence-electron chi connectivity index (χ3n) is 7.46. The second kappa shape index (κ2) is 8.19. The maximum absolute atomic E-state index is 10.8. The third kappa shape index (κ3) is 3.48. The van der Waals surface area contributed by atoms with Crippen LogP contribution in [-0.2, 0) is 12.8 Å². The molecule has 1 unspecified atom stereocenters. The first-order chi connectivity index (χ1) is 16.5. The fraction of sp³-hybridized carbons (Fsp3) is 0.400. The molecule has 1 fully saturated rings. The molecular formula is C25H28N6O3. The highest BCUT2D eigenvalue weighted by Gasteiger charge is 2.42. The lowest BCUT2D eigenvalue weighted by molar-refractivity contribution is 0.00545. The molecular weight excluding hydrogens is 432 g/mol. The van der Waals surface area contributed by atoms with Gasteiger partial charge in [-0.05, 0) is 60.9 Å². The second-order valence-corrected chi connectivity index (χ2v) is 9.55. The van der Waals surface area contributed by atoms with E-state index in [1.54, 1.807) is 0 Å². The van der Waals surface area contributed by atoms with Gasteiger partial charge in [-0.1, -0.05) is 12.1 Å². The average Bonchev–Trinajstić information content (AvgIpc) is 3.52. The zero-order chi connectivity index (χ0) is 23.4. The summed E-state index contributed by atoms with van der Waals surface area (Å²) in [5.41, 5.74) is 9.84. The fourth-order valence-corrected chi connectivity index (χ4v) is 5.58. The van der Waals surface area contributed by atoms with Gasteiger partial charge in [0.2, 0.25) is 0 Å². The number of aliphatic hydroxyl groups is 3. The van der Waals surface area contributed by atoms with Crippen LogP contribution in [0, 0.1) is 5.92 Å². The van der Waals surface area contributed by atoms with E-state index in [9.17, 15) is 15.3 Å². The first-order valence-corrected chi connectivity index (χ1v) is 11.7. The van der Waals surface area contributed by atoms with Crippen LogP contribution in [0.3, 0.4) is 0 Å². The number of hydrogen-bond acceptors (Lipinski definition) is 8. The van der Waals surface area contributed by atoms with Crippen LogP contribution >= 0.6 is 0 Å². The summed E-state index contributed by atoms with van der Waals surface area (Å²) < 4.78 is 1.91. The molecule has 4 heterocycles. The molecule has 1 aliphatic heterocycles. The highest BCUT2D eigenvalue weighted by Crippen LogP contribution is 2.40. The van der Waals surface area contributed by atoms with Gasteiger partial charge in [0.15, 0.2) is 0 Å². The van der Waals surface area contributed by atoms with Crippen LogP contribution in [0.5, 0.6) is 0 Å². The molecule has 3 aromatic heterocycles. The van der Waals surface area contributed by atoms with Crippen LogP contribution in [0.1, 0.15) is 30.0 Å². The first kappa shape index (κ1) is 21.3. The van der Waals surface area contributed by atoms with Crippen molar-refractivity contribution in [1.29, 1.82) is 0 Å². The SMILES string of the molecule is Nc1ncnc2c1ccn2[C@@H]1C[C@H](CCc2ccc3cc4c(nc3c2)NC(CO)C4)[C@@H](O)[C@H]1O. The molecule has 1 saturated carbocycles. The Labute approximate surface area is 196 Å². The molecule has 1 aliphatic carbocycles. The lowest BCUT2D eigenvalue weighted by atomic mass is 9.95. The van der Waals surface area contributed by atoms with E-state index in [1.807, 2.05) is 16.8 Å². The number of nitrogen functional groups attached to an aromatic ring is 1. The third-order valence-corrected chi connectivity index (χ3v) is 7.46. The number of aromatic nitrogens is 4. The van der Waals surface area contributed by atoms with Gasteiger partial charge in [0.05, 0.1) is 35.7 Å². The lowest BCUT2D eigenvalue weighted by Gasteiger charge is -2.19. The van der Waals surface area contributed by atoms with Gasteiger partial charge in [-0.3, -0.25) is 0 Å². The van der Waals surface area contributed by atoms with Gasteiger partial charge in [0.25, 0.3) is 0 Å². The number of anilines is 2. The Kier molecular flexibility index (Phi) is 5.13. The summed E-state index contributed by atoms with van der Waals surface area (Å²) in [5, 5.41) is 36.2. The largest absolute Gasteiger partial charge is 0.394 e. The van der Waals surface area contributed by atoms with E-state index in [1.165, 1.54) is 6.33 Å². The van der Waals surface area contributed by atoms with Gasteiger partial charge in [0, 0.05) is 11.6 Å². The molecule has 0 radical (unpaired) electrons. The first-order valence-electron chi connectivity index (χ1n) is 11.7. The summed E-state index contributed by atoms with van der Waals surface area (Å²) >= 11 is 0. The molecule has 9 heteroatoms. The summed E-state index contributed by atoms with van der Waals surface area (Å²) in [7, 11) is 0. The second-order valence-electron chi connectivity index (χ2n) is 9.55. The number of aliphatic hydroxyl groups excluding tert-OH is 3. The number of rotatable bonds is 5. The molecule has 176 valence electrons. The Hall–Kier alpha value is -3.27. The maximum atomic E-state index is 10.8. The molecule has 2 aliphatic rings. The number of benzene rings is 1. The minimum Gasteiger partial charge on any atom is -0.394 e. The van der Waals surface area contributed by atoms with Crippen molar-refractivity contribution < 1.29 is 15.3 Å². The zero-order valence-electron chi connectivity index (χ0n) is 18.7. The monoisotopic (exact) mass is 460 g/mol. The predicted molar refractivity (Wildman–Crippen MR) is 129 cm³/mol. The summed E-state index contributed by atoms with van der Waals surface area (Å²) in [6.45, 7) is 0.0909. The molecule has 34 heavy (non-hydrogen) atoms. The Balaban J connectivity index is 1.18. The van der Waals surface area contributed by atoms with Gasteiger partial charge >= 0.3 is 0 Å². The molecule has 0 saturated heterocycles. The quantitative estimate of drug-likeness (QED) is 0.303. The predicted octanol–water partition coefficient (Wildman–Crippen LogP) is 1.81. The number of fused-ring (bicyclic) bond motifs is 3. The van der Waals surface area contributed by atoms with Crippen molar-refractivity contribution in [2.24, 2.45) is 5.92 Å². The minimum atomic E-state index is -0.872. The molecule has 5 atom stereocenters. The Morgan fingerprint density at radius 1 is 1.12 bits per heavy atom. The number of nitrogens with two attached hydrogens (primary N) is 1. The summed E-state index contributed by atoms with van der Waals surface area (Å²) in [6, 6.07) is 10.1. The van der Waals surface area contributed by atoms with Crippen LogP contribution in [0.2, 0.25) is 0 Å². The van der Waals surface area contributed by atoms with Crippen molar-refractivity contribution >= 4 is 33.6 Å². The van der Waals surface area contributed by atoms with Gasteiger partial charge in [0.1, 0.15) is 29.7 Å². The van der Waals surface area contributed by atoms with Gasteiger partial charge < -0.3 is 30.9 Å². The minimum absolute atomic E-state index is 0.0299. The van der Waals surface area contributed by atoms with Crippen molar-refractivity contribution in [1.82, 2.24) is 19.5 Å². The van der Waals surface area contributed by atoms with E-state index in [0.717, 1.165) is 52.5 Å². The average molecular weight is 461 g/mol. The van der Waals surface area contributed by atoms with E-state index >= 15 is 0 Å². The number of nitrogens with zero attached hydrogens (tertiary/aromatic N) is 4. The smallest absolute Gasteiger partial charge is 0.145 e. The van der Waals surface area contributed by atoms with E-state index in [2.05, 4.69) is 39.6 Å². The number of nitrogens with one attached hydrogen (secondary N) is 1. The van der Waals surface area contributed by atoms with Crippen LogP contribution in [0.4, 0.5) is 11.6 Å². The Morgan fingerprint density at radius 2 is 2.00 bits per heavy atom. The molecule has 9 nitrogen and oxygen atoms in total. The van der Waals surface area contributed by atoms with E-state index in [-0.39, 0.29) is 24.6 Å². The van der Waals surface area contributed by atoms with Crippen molar-refractivity contribution in [2.75, 3.05) is 17.7 Å². The zero-order valence-corrected chi connectivity index (χ0v) is 18.7. The molecule has 4 aromatic rings. The molecule has 0 amide bonds. The van der Waals surface area contributed by atoms with Gasteiger partial charge in [-0.15, -0.1) is 0 Å². The highest BCUT2D eigenvalue weighted by atomic mass is 16.3. The van der Waals surface area contributed by atoms with Gasteiger partial charge in [-0.2, -0.15) is 0 Å². The Morgan fingerprint density at radius 3 is 2.85 bits per heavy atom. The normalized spacial score (nSPS) is 26.3. The van der Waals surface area contributed by atoms with E-state index < -0.39 is 12.2 Å². The molecule has 0 bridgehead atoms. The van der Waals surface area contributed by atoms with Crippen molar-refractivity contribution in [2.45, 2.75) is 50.0 Å². The highest BCUT2D eigenvalue weighted by molar-refractivity contribution is 5.86. The molecule has 6 N–H and O–H groups in total. The standard InChI is InChI=1S/C25H28N6O3/c26-23-18-5-6-31(25(18)28-12-27-23)20-10-15(21(33)22(20)34)4-2-13-1-3-14-8-16-9-17(11-32)29-24(16)30-19(14)7-13/h1,3,5-8,12,15,17,20-22,32-34H,2,4,9-11H2,(H,29,30)(H2,26,27,28)/t15-,17?,20+,21+,22-/m0/s1. The fourth-order valence-electron chi connectivity index (χ4n) is 5.58. The van der Waals surface area contributed by atoms with Crippen LogP contribution in [0.25, 0.3) is 21.9 Å². The summed E-state index contributed by atoms with van der Waals surface area (Å²) in [4.78, 5) is 13.1. The number of hydrogen-bond donors (Lipinski definition) is 5. The molecule has 6 rings (SSSR count). The van der Waals surface area contributed by atoms with E-state index in [4.69, 9.17) is 10.7 Å². The van der Waals surface area contributed by atoms with Crippen LogP contribution < -0.4 is 11.1 Å².